The van der Waals surface area contributed by atoms with E-state index < -0.39 is 23.7 Å². The number of benzene rings is 1. The van der Waals surface area contributed by atoms with E-state index in [1.807, 2.05) is 0 Å². The van der Waals surface area contributed by atoms with Crippen LogP contribution in [0.5, 0.6) is 0 Å². The number of morpholine rings is 1. The molecule has 0 unspecified atom stereocenters. The summed E-state index contributed by atoms with van der Waals surface area (Å²) >= 11 is 0. The van der Waals surface area contributed by atoms with Gasteiger partial charge in [0.15, 0.2) is 0 Å². The van der Waals surface area contributed by atoms with E-state index >= 15 is 0 Å². The van der Waals surface area contributed by atoms with Crippen molar-refractivity contribution in [2.45, 2.75) is 44.5 Å². The number of nitrogens with one attached hydrogen (secondary N) is 1. The minimum Gasteiger partial charge on any atom is -0.379 e. The number of alkyl halides is 6. The van der Waals surface area contributed by atoms with Gasteiger partial charge in [0.05, 0.1) is 18.8 Å². The summed E-state index contributed by atoms with van der Waals surface area (Å²) in [5.74, 6) is -1.40. The molecular weight excluding hydrogens is 540 g/mol. The van der Waals surface area contributed by atoms with Crippen LogP contribution in [0.1, 0.15) is 42.6 Å². The fourth-order valence-electron chi connectivity index (χ4n) is 4.96. The van der Waals surface area contributed by atoms with Crippen molar-refractivity contribution in [2.24, 2.45) is 5.92 Å². The van der Waals surface area contributed by atoms with Gasteiger partial charge in [0.1, 0.15) is 17.4 Å². The third kappa shape index (κ3) is 8.53. The van der Waals surface area contributed by atoms with E-state index in [2.05, 4.69) is 20.2 Å². The number of aryl methyl sites for hydroxylation is 1. The molecule has 0 saturated carbocycles. The highest BCUT2D eigenvalue weighted by molar-refractivity contribution is 5.81. The van der Waals surface area contributed by atoms with Crippen molar-refractivity contribution in [1.82, 2.24) is 14.9 Å². The molecule has 1 aromatic carbocycles. The lowest BCUT2D eigenvalue weighted by Gasteiger charge is -2.33. The zero-order valence-electron chi connectivity index (χ0n) is 22.0. The molecule has 0 aliphatic carbocycles. The monoisotopic (exact) mass is 573 g/mol. The summed E-state index contributed by atoms with van der Waals surface area (Å²) in [5.41, 5.74) is -0.0103. The van der Waals surface area contributed by atoms with E-state index in [1.54, 1.807) is 4.90 Å². The lowest BCUT2D eigenvalue weighted by molar-refractivity contribution is -0.144. The highest BCUT2D eigenvalue weighted by Crippen LogP contribution is 2.32. The third-order valence-corrected chi connectivity index (χ3v) is 7.17. The molecule has 3 heterocycles. The summed E-state index contributed by atoms with van der Waals surface area (Å²) in [5, 5.41) is 2.98. The lowest BCUT2D eigenvalue weighted by atomic mass is 9.90. The second kappa shape index (κ2) is 13.2. The van der Waals surface area contributed by atoms with Gasteiger partial charge in [0.25, 0.3) is 0 Å². The molecule has 2 aliphatic rings. The SMILES string of the molecule is O=C(CCCc1ccc(C(F)(F)F)cc1)[C@@H]1CCCN(c2cc(NCCN3CCOCC3)nc(C(F)(F)F)n2)C1. The van der Waals surface area contributed by atoms with Crippen molar-refractivity contribution in [2.75, 3.05) is 62.7 Å². The first kappa shape index (κ1) is 30.0. The van der Waals surface area contributed by atoms with Crippen LogP contribution in [-0.4, -0.2) is 73.1 Å². The Bertz CT molecular complexity index is 1120. The molecule has 0 bridgehead atoms. The molecule has 0 spiro atoms. The minimum atomic E-state index is -4.72. The van der Waals surface area contributed by atoms with Gasteiger partial charge in [-0.25, -0.2) is 9.97 Å². The summed E-state index contributed by atoms with van der Waals surface area (Å²) in [6.45, 7) is 4.54. The van der Waals surface area contributed by atoms with Crippen LogP contribution in [0.15, 0.2) is 30.3 Å². The Labute approximate surface area is 228 Å². The normalized spacial score (nSPS) is 19.1. The average molecular weight is 574 g/mol. The van der Waals surface area contributed by atoms with Gasteiger partial charge >= 0.3 is 12.4 Å². The molecule has 7 nitrogen and oxygen atoms in total. The Balaban J connectivity index is 1.34. The van der Waals surface area contributed by atoms with E-state index in [1.165, 1.54) is 18.2 Å². The van der Waals surface area contributed by atoms with Crippen molar-refractivity contribution < 1.29 is 35.9 Å². The van der Waals surface area contributed by atoms with Gasteiger partial charge in [-0.15, -0.1) is 0 Å². The van der Waals surface area contributed by atoms with Crippen molar-refractivity contribution in [3.05, 3.63) is 47.3 Å². The Kier molecular flexibility index (Phi) is 9.88. The van der Waals surface area contributed by atoms with Crippen LogP contribution in [0, 0.1) is 5.92 Å². The molecule has 2 aliphatic heterocycles. The minimum absolute atomic E-state index is 0.00873. The number of hydrogen-bond donors (Lipinski definition) is 1. The molecule has 0 amide bonds. The average Bonchev–Trinajstić information content (AvgIpc) is 2.93. The number of halogens is 6. The Morgan fingerprint density at radius 1 is 1.00 bits per heavy atom. The molecule has 1 aromatic heterocycles. The molecule has 1 atom stereocenters. The Morgan fingerprint density at radius 2 is 1.73 bits per heavy atom. The molecule has 0 radical (unpaired) electrons. The van der Waals surface area contributed by atoms with Gasteiger partial charge in [-0.1, -0.05) is 12.1 Å². The van der Waals surface area contributed by atoms with Crippen molar-refractivity contribution in [3.8, 4) is 0 Å². The number of ether oxygens (including phenoxy) is 1. The number of carbonyl (C=O) groups excluding carboxylic acids is 1. The van der Waals surface area contributed by atoms with E-state index in [9.17, 15) is 31.1 Å². The van der Waals surface area contributed by atoms with Crippen molar-refractivity contribution in [1.29, 1.82) is 0 Å². The van der Waals surface area contributed by atoms with E-state index in [0.29, 0.717) is 64.1 Å². The largest absolute Gasteiger partial charge is 0.451 e. The maximum absolute atomic E-state index is 13.6. The standard InChI is InChI=1S/C27H33F6N5O2/c28-26(29,30)21-8-6-19(7-9-21)3-1-5-22(39)20-4-2-11-38(18-20)24-17-23(35-25(36-24)27(31,32)33)34-10-12-37-13-15-40-16-14-37/h6-9,17,20H,1-5,10-16,18H2,(H,34,35,36)/t20-/m1/s1. The Hall–Kier alpha value is -2.93. The topological polar surface area (TPSA) is 70.6 Å². The zero-order valence-corrected chi connectivity index (χ0v) is 22.0. The zero-order chi connectivity index (χ0) is 28.8. The van der Waals surface area contributed by atoms with Crippen molar-refractivity contribution in [3.63, 3.8) is 0 Å². The summed E-state index contributed by atoms with van der Waals surface area (Å²) in [4.78, 5) is 24.2. The fourth-order valence-corrected chi connectivity index (χ4v) is 4.96. The van der Waals surface area contributed by atoms with E-state index in [-0.39, 0.29) is 36.3 Å². The van der Waals surface area contributed by atoms with E-state index in [4.69, 9.17) is 4.74 Å². The second-order valence-corrected chi connectivity index (χ2v) is 10.1. The number of piperidine rings is 1. The summed E-state index contributed by atoms with van der Waals surface area (Å²) in [6.07, 6.45) is -6.70. The number of carbonyl (C=O) groups is 1. The van der Waals surface area contributed by atoms with Crippen LogP contribution in [0.2, 0.25) is 0 Å². The maximum atomic E-state index is 13.6. The summed E-state index contributed by atoms with van der Waals surface area (Å²) in [6, 6.07) is 6.37. The predicted octanol–water partition coefficient (Wildman–Crippen LogP) is 5.07. The number of anilines is 2. The van der Waals surface area contributed by atoms with Crippen molar-refractivity contribution >= 4 is 17.4 Å². The number of rotatable bonds is 10. The number of aromatic nitrogens is 2. The molecule has 1 N–H and O–H groups in total. The first-order valence-electron chi connectivity index (χ1n) is 13.4. The van der Waals surface area contributed by atoms with Gasteiger partial charge in [0.2, 0.25) is 5.82 Å². The fraction of sp³-hybridized carbons (Fsp3) is 0.593. The first-order valence-corrected chi connectivity index (χ1v) is 13.4. The molecule has 40 heavy (non-hydrogen) atoms. The number of hydrogen-bond acceptors (Lipinski definition) is 7. The molecule has 2 fully saturated rings. The van der Waals surface area contributed by atoms with E-state index in [0.717, 1.165) is 25.2 Å². The lowest BCUT2D eigenvalue weighted by Crippen LogP contribution is -2.40. The van der Waals surface area contributed by atoms with Crippen LogP contribution < -0.4 is 10.2 Å². The molecule has 13 heteroatoms. The second-order valence-electron chi connectivity index (χ2n) is 10.1. The predicted molar refractivity (Wildman–Crippen MR) is 137 cm³/mol. The summed E-state index contributed by atoms with van der Waals surface area (Å²) < 4.78 is 84.3. The van der Waals surface area contributed by atoms with Crippen LogP contribution in [0.3, 0.4) is 0 Å². The maximum Gasteiger partial charge on any atom is 0.451 e. The number of ketones is 1. The van der Waals surface area contributed by atoms with Crippen LogP contribution in [0.4, 0.5) is 38.0 Å². The van der Waals surface area contributed by atoms with Gasteiger partial charge in [-0.3, -0.25) is 9.69 Å². The highest BCUT2D eigenvalue weighted by Gasteiger charge is 2.36. The first-order chi connectivity index (χ1) is 19.0. The van der Waals surface area contributed by atoms with Gasteiger partial charge in [0, 0.05) is 57.7 Å². The number of Topliss-reactive ketones (excluding diaryl/α,β-unsaturated/α-hetero) is 1. The molecule has 4 rings (SSSR count). The molecule has 2 aromatic rings. The molecular formula is C27H33F6N5O2. The Morgan fingerprint density at radius 3 is 2.40 bits per heavy atom. The van der Waals surface area contributed by atoms with Crippen LogP contribution >= 0.6 is 0 Å². The molecule has 2 saturated heterocycles. The smallest absolute Gasteiger partial charge is 0.379 e. The highest BCUT2D eigenvalue weighted by atomic mass is 19.4. The van der Waals surface area contributed by atoms with Gasteiger partial charge in [-0.2, -0.15) is 26.3 Å². The van der Waals surface area contributed by atoms with Gasteiger partial charge in [-0.05, 0) is 43.4 Å². The summed E-state index contributed by atoms with van der Waals surface area (Å²) in [7, 11) is 0. The quantitative estimate of drug-likeness (QED) is 0.398. The molecule has 220 valence electrons. The van der Waals surface area contributed by atoms with Crippen LogP contribution in [0.25, 0.3) is 0 Å². The third-order valence-electron chi connectivity index (χ3n) is 7.17. The van der Waals surface area contributed by atoms with Gasteiger partial charge < -0.3 is 15.0 Å². The number of nitrogens with zero attached hydrogens (tertiary/aromatic N) is 4. The van der Waals surface area contributed by atoms with Crippen LogP contribution in [-0.2, 0) is 28.3 Å².